The SMILES string of the molecule is COC1CCN(C2CCN(S(=O)(=O)c3ccc(C)cc3C)CC2)CC1. The van der Waals surface area contributed by atoms with E-state index in [0.29, 0.717) is 30.1 Å². The number of ether oxygens (including phenoxy) is 1. The molecule has 2 heterocycles. The highest BCUT2D eigenvalue weighted by molar-refractivity contribution is 7.89. The lowest BCUT2D eigenvalue weighted by atomic mass is 10.00. The third kappa shape index (κ3) is 4.08. The monoisotopic (exact) mass is 366 g/mol. The van der Waals surface area contributed by atoms with E-state index in [2.05, 4.69) is 4.90 Å². The van der Waals surface area contributed by atoms with Crippen LogP contribution < -0.4 is 0 Å². The Kier molecular flexibility index (Phi) is 5.83. The number of hydrogen-bond donors (Lipinski definition) is 0. The van der Waals surface area contributed by atoms with E-state index in [1.165, 1.54) is 0 Å². The predicted octanol–water partition coefficient (Wildman–Crippen LogP) is 2.57. The van der Waals surface area contributed by atoms with Crippen LogP contribution in [0.2, 0.25) is 0 Å². The second kappa shape index (κ2) is 7.74. The lowest BCUT2D eigenvalue weighted by Gasteiger charge is -2.41. The molecule has 0 radical (unpaired) electrons. The fourth-order valence-electron chi connectivity index (χ4n) is 4.15. The molecule has 3 rings (SSSR count). The van der Waals surface area contributed by atoms with Gasteiger partial charge in [0.2, 0.25) is 10.0 Å². The van der Waals surface area contributed by atoms with E-state index >= 15 is 0 Å². The molecule has 0 saturated carbocycles. The Bertz CT molecular complexity index is 689. The van der Waals surface area contributed by atoms with E-state index in [1.807, 2.05) is 26.0 Å². The van der Waals surface area contributed by atoms with E-state index in [-0.39, 0.29) is 0 Å². The smallest absolute Gasteiger partial charge is 0.243 e. The molecule has 0 atom stereocenters. The maximum absolute atomic E-state index is 13.0. The van der Waals surface area contributed by atoms with Gasteiger partial charge in [0.1, 0.15) is 0 Å². The minimum absolute atomic E-state index is 0.390. The van der Waals surface area contributed by atoms with E-state index < -0.39 is 10.0 Å². The van der Waals surface area contributed by atoms with Crippen molar-refractivity contribution < 1.29 is 13.2 Å². The highest BCUT2D eigenvalue weighted by atomic mass is 32.2. The average molecular weight is 367 g/mol. The topological polar surface area (TPSA) is 49.9 Å². The fraction of sp³-hybridized carbons (Fsp3) is 0.684. The normalized spacial score (nSPS) is 22.4. The van der Waals surface area contributed by atoms with E-state index in [0.717, 1.165) is 49.9 Å². The molecular weight excluding hydrogens is 336 g/mol. The predicted molar refractivity (Wildman–Crippen MR) is 99.3 cm³/mol. The lowest BCUT2D eigenvalue weighted by Crippen LogP contribution is -2.49. The summed E-state index contributed by atoms with van der Waals surface area (Å²) in [5, 5.41) is 0. The lowest BCUT2D eigenvalue weighted by molar-refractivity contribution is 0.0190. The standard InChI is InChI=1S/C19H30N2O3S/c1-15-4-5-19(16(2)14-15)25(22,23)21-12-6-17(7-13-21)20-10-8-18(24-3)9-11-20/h4-5,14,17-18H,6-13H2,1-3H3. The summed E-state index contributed by atoms with van der Waals surface area (Å²) in [6, 6.07) is 6.08. The van der Waals surface area contributed by atoms with Gasteiger partial charge >= 0.3 is 0 Å². The molecule has 6 heteroatoms. The van der Waals surface area contributed by atoms with Gasteiger partial charge < -0.3 is 9.64 Å². The van der Waals surface area contributed by atoms with Gasteiger partial charge in [0.25, 0.3) is 0 Å². The minimum atomic E-state index is -3.38. The number of benzene rings is 1. The molecule has 2 saturated heterocycles. The highest BCUT2D eigenvalue weighted by Crippen LogP contribution is 2.27. The Labute approximate surface area is 152 Å². The molecule has 2 aliphatic rings. The zero-order valence-corrected chi connectivity index (χ0v) is 16.4. The van der Waals surface area contributed by atoms with Crippen LogP contribution in [-0.2, 0) is 14.8 Å². The maximum atomic E-state index is 13.0. The number of rotatable bonds is 4. The van der Waals surface area contributed by atoms with Crippen molar-refractivity contribution in [2.24, 2.45) is 0 Å². The zero-order valence-electron chi connectivity index (χ0n) is 15.6. The minimum Gasteiger partial charge on any atom is -0.381 e. The molecule has 1 aromatic carbocycles. The van der Waals surface area contributed by atoms with Gasteiger partial charge in [-0.15, -0.1) is 0 Å². The van der Waals surface area contributed by atoms with Crippen LogP contribution in [0.15, 0.2) is 23.1 Å². The van der Waals surface area contributed by atoms with E-state index in [4.69, 9.17) is 4.74 Å². The molecule has 0 bridgehead atoms. The first kappa shape index (κ1) is 18.8. The van der Waals surface area contributed by atoms with Crippen LogP contribution in [0, 0.1) is 13.8 Å². The summed E-state index contributed by atoms with van der Waals surface area (Å²) < 4.78 is 33.1. The third-order valence-corrected chi connectivity index (χ3v) is 7.76. The number of sulfonamides is 1. The fourth-order valence-corrected chi connectivity index (χ4v) is 5.83. The summed E-state index contributed by atoms with van der Waals surface area (Å²) in [7, 11) is -1.59. The van der Waals surface area contributed by atoms with E-state index in [9.17, 15) is 8.42 Å². The maximum Gasteiger partial charge on any atom is 0.243 e. The van der Waals surface area contributed by atoms with Crippen molar-refractivity contribution in [1.82, 2.24) is 9.21 Å². The van der Waals surface area contributed by atoms with Crippen molar-refractivity contribution in [2.45, 2.75) is 56.6 Å². The molecule has 0 unspecified atom stereocenters. The van der Waals surface area contributed by atoms with Gasteiger partial charge in [0.15, 0.2) is 0 Å². The molecule has 5 nitrogen and oxygen atoms in total. The van der Waals surface area contributed by atoms with Crippen molar-refractivity contribution >= 4 is 10.0 Å². The van der Waals surface area contributed by atoms with Crippen molar-refractivity contribution in [1.29, 1.82) is 0 Å². The van der Waals surface area contributed by atoms with Crippen LogP contribution in [0.3, 0.4) is 0 Å². The first-order chi connectivity index (χ1) is 11.9. The van der Waals surface area contributed by atoms with Crippen molar-refractivity contribution in [3.63, 3.8) is 0 Å². The summed E-state index contributed by atoms with van der Waals surface area (Å²) in [5.74, 6) is 0. The molecule has 0 aromatic heterocycles. The Hall–Kier alpha value is -0.950. The number of methoxy groups -OCH3 is 1. The average Bonchev–Trinajstić information content (AvgIpc) is 2.61. The molecule has 25 heavy (non-hydrogen) atoms. The Balaban J connectivity index is 1.62. The van der Waals surface area contributed by atoms with Crippen molar-refractivity contribution in [2.75, 3.05) is 33.3 Å². The summed E-state index contributed by atoms with van der Waals surface area (Å²) in [4.78, 5) is 2.98. The first-order valence-corrected chi connectivity index (χ1v) is 10.7. The number of hydrogen-bond acceptors (Lipinski definition) is 4. The summed E-state index contributed by atoms with van der Waals surface area (Å²) in [6.07, 6.45) is 4.39. The quantitative estimate of drug-likeness (QED) is 0.822. The summed E-state index contributed by atoms with van der Waals surface area (Å²) >= 11 is 0. The van der Waals surface area contributed by atoms with Gasteiger partial charge in [-0.1, -0.05) is 17.7 Å². The van der Waals surface area contributed by atoms with Gasteiger partial charge in [0, 0.05) is 39.3 Å². The Morgan fingerprint density at radius 3 is 2.20 bits per heavy atom. The third-order valence-electron chi connectivity index (χ3n) is 5.70. The Morgan fingerprint density at radius 2 is 1.64 bits per heavy atom. The molecule has 0 aliphatic carbocycles. The molecular formula is C19H30N2O3S. The molecule has 2 aliphatic heterocycles. The van der Waals surface area contributed by atoms with Crippen LogP contribution >= 0.6 is 0 Å². The number of piperidine rings is 2. The van der Waals surface area contributed by atoms with Gasteiger partial charge in [-0.2, -0.15) is 4.31 Å². The van der Waals surface area contributed by atoms with Crippen LogP contribution in [-0.4, -0.2) is 63.1 Å². The van der Waals surface area contributed by atoms with Crippen LogP contribution in [0.5, 0.6) is 0 Å². The summed E-state index contributed by atoms with van der Waals surface area (Å²) in [5.41, 5.74) is 1.93. The van der Waals surface area contributed by atoms with Crippen molar-refractivity contribution in [3.8, 4) is 0 Å². The van der Waals surface area contributed by atoms with E-state index in [1.54, 1.807) is 17.5 Å². The molecule has 140 valence electrons. The molecule has 1 aromatic rings. The zero-order chi connectivity index (χ0) is 18.0. The molecule has 0 amide bonds. The van der Waals surface area contributed by atoms with Crippen molar-refractivity contribution in [3.05, 3.63) is 29.3 Å². The van der Waals surface area contributed by atoms with Crippen LogP contribution in [0.1, 0.15) is 36.8 Å². The number of nitrogens with zero attached hydrogens (tertiary/aromatic N) is 2. The van der Waals surface area contributed by atoms with Gasteiger partial charge in [0.05, 0.1) is 11.0 Å². The van der Waals surface area contributed by atoms with Gasteiger partial charge in [-0.3, -0.25) is 0 Å². The largest absolute Gasteiger partial charge is 0.381 e. The van der Waals surface area contributed by atoms with Crippen LogP contribution in [0.4, 0.5) is 0 Å². The Morgan fingerprint density at radius 1 is 1.00 bits per heavy atom. The number of aryl methyl sites for hydroxylation is 2. The number of likely N-dealkylation sites (tertiary alicyclic amines) is 1. The first-order valence-electron chi connectivity index (χ1n) is 9.26. The highest BCUT2D eigenvalue weighted by Gasteiger charge is 2.33. The molecule has 2 fully saturated rings. The molecule has 0 N–H and O–H groups in total. The molecule has 0 spiro atoms. The van der Waals surface area contributed by atoms with Gasteiger partial charge in [-0.05, 0) is 51.2 Å². The van der Waals surface area contributed by atoms with Crippen LogP contribution in [0.25, 0.3) is 0 Å². The second-order valence-electron chi connectivity index (χ2n) is 7.38. The summed E-state index contributed by atoms with van der Waals surface area (Å²) in [6.45, 7) is 7.23. The van der Waals surface area contributed by atoms with Gasteiger partial charge in [-0.25, -0.2) is 8.42 Å². The second-order valence-corrected chi connectivity index (χ2v) is 9.28.